The molecule has 3 aromatic carbocycles. The molecule has 2 heterocycles. The Morgan fingerprint density at radius 2 is 1.68 bits per heavy atom. The highest BCUT2D eigenvalue weighted by atomic mass is 32.2. The van der Waals surface area contributed by atoms with Crippen LogP contribution in [0.1, 0.15) is 15.9 Å². The molecule has 31 heavy (non-hydrogen) atoms. The van der Waals surface area contributed by atoms with Crippen LogP contribution in [0.5, 0.6) is 5.88 Å². The molecular weight excluding hydrogens is 410 g/mol. The van der Waals surface area contributed by atoms with Crippen molar-refractivity contribution in [3.63, 3.8) is 0 Å². The highest BCUT2D eigenvalue weighted by Gasteiger charge is 2.11. The summed E-state index contributed by atoms with van der Waals surface area (Å²) >= 11 is 1.60. The number of para-hydroxylation sites is 3. The minimum absolute atomic E-state index is 0.115. The number of fused-ring (bicyclic) bond motifs is 2. The SMILES string of the molecule is O=C(N=Nc1c(O)[nH]c2ccccc12)c1ccc(CSc2nc3ccccc3[nH]2)cc1. The molecule has 0 radical (unpaired) electrons. The third-order valence-electron chi connectivity index (χ3n) is 4.84. The van der Waals surface area contributed by atoms with E-state index in [0.29, 0.717) is 10.9 Å². The summed E-state index contributed by atoms with van der Waals surface area (Å²) in [5.41, 5.74) is 4.43. The molecule has 0 bridgehead atoms. The van der Waals surface area contributed by atoms with E-state index in [1.807, 2.05) is 54.6 Å². The van der Waals surface area contributed by atoms with Crippen molar-refractivity contribution < 1.29 is 9.90 Å². The van der Waals surface area contributed by atoms with Crippen molar-refractivity contribution in [1.82, 2.24) is 15.0 Å². The monoisotopic (exact) mass is 427 g/mol. The second-order valence-corrected chi connectivity index (χ2v) is 7.88. The van der Waals surface area contributed by atoms with E-state index in [1.54, 1.807) is 30.0 Å². The van der Waals surface area contributed by atoms with Crippen molar-refractivity contribution in [2.24, 2.45) is 10.2 Å². The largest absolute Gasteiger partial charge is 0.493 e. The Morgan fingerprint density at radius 3 is 2.48 bits per heavy atom. The number of amides is 1. The molecule has 0 atom stereocenters. The van der Waals surface area contributed by atoms with Crippen molar-refractivity contribution in [2.75, 3.05) is 0 Å². The van der Waals surface area contributed by atoms with Crippen molar-refractivity contribution in [1.29, 1.82) is 0 Å². The van der Waals surface area contributed by atoms with Gasteiger partial charge in [0.25, 0.3) is 5.91 Å². The first-order valence-electron chi connectivity index (χ1n) is 9.59. The molecule has 7 nitrogen and oxygen atoms in total. The van der Waals surface area contributed by atoms with Crippen molar-refractivity contribution in [3.05, 3.63) is 83.9 Å². The fourth-order valence-electron chi connectivity index (χ4n) is 3.26. The van der Waals surface area contributed by atoms with Gasteiger partial charge < -0.3 is 15.1 Å². The Bertz CT molecular complexity index is 1390. The van der Waals surface area contributed by atoms with Crippen molar-refractivity contribution in [3.8, 4) is 5.88 Å². The van der Waals surface area contributed by atoms with Crippen LogP contribution in [-0.2, 0) is 5.75 Å². The number of nitrogens with one attached hydrogen (secondary N) is 2. The van der Waals surface area contributed by atoms with Crippen LogP contribution in [0, 0.1) is 0 Å². The first-order chi connectivity index (χ1) is 15.2. The number of imidazole rings is 1. The topological polar surface area (TPSA) is 106 Å². The zero-order chi connectivity index (χ0) is 21.2. The number of aromatic amines is 2. The lowest BCUT2D eigenvalue weighted by Gasteiger charge is -2.00. The molecule has 2 aromatic heterocycles. The predicted octanol–water partition coefficient (Wildman–Crippen LogP) is 5.97. The first-order valence-corrected chi connectivity index (χ1v) is 10.6. The quantitative estimate of drug-likeness (QED) is 0.237. The highest BCUT2D eigenvalue weighted by molar-refractivity contribution is 7.98. The number of thioether (sulfide) groups is 1. The third kappa shape index (κ3) is 3.93. The van der Waals surface area contributed by atoms with E-state index >= 15 is 0 Å². The fourth-order valence-corrected chi connectivity index (χ4v) is 4.10. The lowest BCUT2D eigenvalue weighted by molar-refractivity contribution is 0.0995. The van der Waals surface area contributed by atoms with Gasteiger partial charge in [-0.25, -0.2) is 4.98 Å². The minimum Gasteiger partial charge on any atom is -0.493 e. The van der Waals surface area contributed by atoms with Gasteiger partial charge in [0.05, 0.1) is 16.6 Å². The average molecular weight is 427 g/mol. The molecule has 0 spiro atoms. The number of hydrogen-bond donors (Lipinski definition) is 3. The summed E-state index contributed by atoms with van der Waals surface area (Å²) in [4.78, 5) is 23.1. The molecular formula is C23H17N5O2S. The molecule has 152 valence electrons. The summed E-state index contributed by atoms with van der Waals surface area (Å²) in [6.45, 7) is 0. The second kappa shape index (κ2) is 8.08. The Kier molecular flexibility index (Phi) is 4.97. The Balaban J connectivity index is 1.26. The van der Waals surface area contributed by atoms with E-state index in [9.17, 15) is 9.90 Å². The molecule has 5 aromatic rings. The number of azo groups is 1. The van der Waals surface area contributed by atoms with Gasteiger partial charge in [-0.1, -0.05) is 54.2 Å². The maximum atomic E-state index is 12.4. The summed E-state index contributed by atoms with van der Waals surface area (Å²) in [5.74, 6) is 0.135. The van der Waals surface area contributed by atoms with Crippen molar-refractivity contribution in [2.45, 2.75) is 10.9 Å². The standard InChI is InChI=1S/C23H17N5O2S/c29-21(28-27-20-16-5-1-2-6-17(16)24-22(20)30)15-11-9-14(10-12-15)13-31-23-25-18-7-3-4-8-19(18)26-23/h1-12,24,30H,13H2,(H,25,26). The second-order valence-electron chi connectivity index (χ2n) is 6.92. The summed E-state index contributed by atoms with van der Waals surface area (Å²) < 4.78 is 0. The van der Waals surface area contributed by atoms with Crippen LogP contribution in [0.2, 0.25) is 0 Å². The normalized spacial score (nSPS) is 11.6. The molecule has 3 N–H and O–H groups in total. The molecule has 0 aliphatic rings. The van der Waals surface area contributed by atoms with Gasteiger partial charge in [0.1, 0.15) is 0 Å². The average Bonchev–Trinajstić information content (AvgIpc) is 3.36. The summed E-state index contributed by atoms with van der Waals surface area (Å²) in [6.07, 6.45) is 0. The molecule has 0 saturated heterocycles. The van der Waals surface area contributed by atoms with Gasteiger partial charge in [0, 0.05) is 16.7 Å². The van der Waals surface area contributed by atoms with E-state index in [1.165, 1.54) is 0 Å². The number of carbonyl (C=O) groups is 1. The van der Waals surface area contributed by atoms with Gasteiger partial charge in [-0.05, 0) is 35.9 Å². The van der Waals surface area contributed by atoms with E-state index in [2.05, 4.69) is 25.2 Å². The van der Waals surface area contributed by atoms with E-state index in [-0.39, 0.29) is 11.6 Å². The van der Waals surface area contributed by atoms with Gasteiger partial charge in [0.15, 0.2) is 10.8 Å². The molecule has 0 fully saturated rings. The predicted molar refractivity (Wildman–Crippen MR) is 121 cm³/mol. The minimum atomic E-state index is -0.471. The Hall–Kier alpha value is -3.91. The van der Waals surface area contributed by atoms with Gasteiger partial charge >= 0.3 is 0 Å². The van der Waals surface area contributed by atoms with Gasteiger partial charge in [0.2, 0.25) is 5.88 Å². The summed E-state index contributed by atoms with van der Waals surface area (Å²) in [7, 11) is 0. The molecule has 8 heteroatoms. The van der Waals surface area contributed by atoms with Crippen LogP contribution in [0.4, 0.5) is 5.69 Å². The van der Waals surface area contributed by atoms with E-state index < -0.39 is 5.91 Å². The molecule has 0 aliphatic heterocycles. The zero-order valence-corrected chi connectivity index (χ0v) is 17.1. The number of aromatic hydroxyl groups is 1. The van der Waals surface area contributed by atoms with Gasteiger partial charge in [-0.15, -0.1) is 10.2 Å². The number of benzene rings is 3. The smallest absolute Gasteiger partial charge is 0.295 e. The van der Waals surface area contributed by atoms with E-state index in [0.717, 1.165) is 33.0 Å². The zero-order valence-electron chi connectivity index (χ0n) is 16.2. The Morgan fingerprint density at radius 1 is 0.935 bits per heavy atom. The van der Waals surface area contributed by atoms with Crippen LogP contribution in [0.25, 0.3) is 21.9 Å². The lowest BCUT2D eigenvalue weighted by Crippen LogP contribution is -1.94. The van der Waals surface area contributed by atoms with Crippen LogP contribution < -0.4 is 0 Å². The number of rotatable bonds is 5. The maximum Gasteiger partial charge on any atom is 0.295 e. The Labute approximate surface area is 181 Å². The summed E-state index contributed by atoms with van der Waals surface area (Å²) in [5, 5.41) is 19.3. The fraction of sp³-hybridized carbons (Fsp3) is 0.0435. The lowest BCUT2D eigenvalue weighted by atomic mass is 10.1. The van der Waals surface area contributed by atoms with Crippen molar-refractivity contribution >= 4 is 45.3 Å². The number of nitrogens with zero attached hydrogens (tertiary/aromatic N) is 3. The van der Waals surface area contributed by atoms with Gasteiger partial charge in [-0.2, -0.15) is 0 Å². The molecule has 0 aliphatic carbocycles. The number of carbonyl (C=O) groups excluding carboxylic acids is 1. The highest BCUT2D eigenvalue weighted by Crippen LogP contribution is 2.35. The number of aromatic nitrogens is 3. The molecule has 0 unspecified atom stereocenters. The summed E-state index contributed by atoms with van der Waals surface area (Å²) in [6, 6.07) is 22.4. The third-order valence-corrected chi connectivity index (χ3v) is 5.79. The van der Waals surface area contributed by atoms with Crippen LogP contribution in [-0.4, -0.2) is 26.0 Å². The van der Waals surface area contributed by atoms with Gasteiger partial charge in [-0.3, -0.25) is 4.79 Å². The molecule has 0 saturated carbocycles. The van der Waals surface area contributed by atoms with Crippen LogP contribution >= 0.6 is 11.8 Å². The number of H-pyrrole nitrogens is 2. The van der Waals surface area contributed by atoms with E-state index in [4.69, 9.17) is 0 Å². The van der Waals surface area contributed by atoms with Crippen LogP contribution in [0.15, 0.2) is 88.2 Å². The van der Waals surface area contributed by atoms with Crippen LogP contribution in [0.3, 0.4) is 0 Å². The molecule has 1 amide bonds. The first kappa shape index (κ1) is 19.1. The molecule has 5 rings (SSSR count). The number of hydrogen-bond acceptors (Lipinski definition) is 5. The maximum absolute atomic E-state index is 12.4.